The van der Waals surface area contributed by atoms with E-state index in [0.717, 1.165) is 0 Å². The summed E-state index contributed by atoms with van der Waals surface area (Å²) in [6, 6.07) is 0. The van der Waals surface area contributed by atoms with E-state index in [9.17, 15) is 0 Å². The molecule has 0 aliphatic heterocycles. The molecule has 1 atom stereocenters. The second-order valence-electron chi connectivity index (χ2n) is 2.54. The zero-order chi connectivity index (χ0) is 5.07. The van der Waals surface area contributed by atoms with E-state index >= 15 is 0 Å². The Bertz CT molecular complexity index is 133. The van der Waals surface area contributed by atoms with Crippen LogP contribution in [0.15, 0.2) is 12.2 Å². The van der Waals surface area contributed by atoms with E-state index in [2.05, 4.69) is 22.5 Å². The highest BCUT2D eigenvalue weighted by atomic mass is 79.9. The molecule has 0 aromatic rings. The Kier molecular flexibility index (Phi) is 0.495. The average molecular weight is 159 g/mol. The fourth-order valence-electron chi connectivity index (χ4n) is 1.15. The van der Waals surface area contributed by atoms with Crippen molar-refractivity contribution in [3.8, 4) is 0 Å². The number of alkyl halides is 1. The summed E-state index contributed by atoms with van der Waals surface area (Å²) in [5.41, 5.74) is 2.08. The van der Waals surface area contributed by atoms with Gasteiger partial charge in [0.05, 0.1) is 0 Å². The van der Waals surface area contributed by atoms with Gasteiger partial charge in [0.15, 0.2) is 0 Å². The Hall–Kier alpha value is 0.220. The quantitative estimate of drug-likeness (QED) is 0.375. The molecule has 0 radical (unpaired) electrons. The van der Waals surface area contributed by atoms with Gasteiger partial charge in [0.25, 0.3) is 0 Å². The van der Waals surface area contributed by atoms with E-state index in [0.29, 0.717) is 10.2 Å². The third-order valence-electron chi connectivity index (χ3n) is 2.14. The van der Waals surface area contributed by atoms with Crippen molar-refractivity contribution in [2.75, 3.05) is 0 Å². The van der Waals surface area contributed by atoms with Gasteiger partial charge in [-0.2, -0.15) is 0 Å². The maximum absolute atomic E-state index is 3.92. The summed E-state index contributed by atoms with van der Waals surface area (Å²) in [4.78, 5) is 0.694. The normalized spacial score (nSPS) is 41.9. The molecular formula is C6H7Br. The molecule has 7 heavy (non-hydrogen) atoms. The van der Waals surface area contributed by atoms with Gasteiger partial charge in [-0.15, -0.1) is 0 Å². The van der Waals surface area contributed by atoms with Gasteiger partial charge < -0.3 is 0 Å². The van der Waals surface area contributed by atoms with Crippen molar-refractivity contribution >= 4 is 15.9 Å². The van der Waals surface area contributed by atoms with Gasteiger partial charge in [-0.1, -0.05) is 28.1 Å². The zero-order valence-electron chi connectivity index (χ0n) is 4.08. The molecule has 2 aliphatic carbocycles. The molecule has 1 unspecified atom stereocenters. The minimum atomic E-state index is 0.639. The molecule has 0 aromatic carbocycles. The summed E-state index contributed by atoms with van der Waals surface area (Å²) in [5.74, 6) is 0. The zero-order valence-corrected chi connectivity index (χ0v) is 5.66. The van der Waals surface area contributed by atoms with E-state index in [1.165, 1.54) is 18.4 Å². The first-order chi connectivity index (χ1) is 3.27. The van der Waals surface area contributed by atoms with Crippen molar-refractivity contribution in [3.05, 3.63) is 12.2 Å². The molecule has 1 spiro atoms. The largest absolute Gasteiger partial charge is 0.0981 e. The first kappa shape index (κ1) is 4.13. The van der Waals surface area contributed by atoms with Crippen LogP contribution >= 0.6 is 15.9 Å². The number of rotatable bonds is 0. The molecule has 0 nitrogen and oxygen atoms in total. The van der Waals surface area contributed by atoms with Crippen LogP contribution in [0.3, 0.4) is 0 Å². The monoisotopic (exact) mass is 158 g/mol. The van der Waals surface area contributed by atoms with Gasteiger partial charge in [0.1, 0.15) is 0 Å². The molecule has 2 fully saturated rings. The molecule has 38 valence electrons. The van der Waals surface area contributed by atoms with E-state index in [-0.39, 0.29) is 0 Å². The SMILES string of the molecule is C=C1C(Br)C12CC2. The lowest BCUT2D eigenvalue weighted by atomic mass is 10.4. The Balaban J connectivity index is 2.31. The fraction of sp³-hybridized carbons (Fsp3) is 0.667. The summed E-state index contributed by atoms with van der Waals surface area (Å²) in [7, 11) is 0. The molecule has 2 aliphatic rings. The van der Waals surface area contributed by atoms with Gasteiger partial charge in [0, 0.05) is 10.2 Å². The fourth-order valence-corrected chi connectivity index (χ4v) is 2.23. The topological polar surface area (TPSA) is 0 Å². The molecule has 0 saturated heterocycles. The lowest BCUT2D eigenvalue weighted by molar-refractivity contribution is 0.955. The van der Waals surface area contributed by atoms with Crippen LogP contribution in [0.25, 0.3) is 0 Å². The first-order valence-electron chi connectivity index (χ1n) is 2.61. The van der Waals surface area contributed by atoms with Crippen LogP contribution in [0.1, 0.15) is 12.8 Å². The molecular weight excluding hydrogens is 152 g/mol. The Morgan fingerprint density at radius 2 is 2.14 bits per heavy atom. The van der Waals surface area contributed by atoms with Crippen LogP contribution in [0, 0.1) is 5.41 Å². The van der Waals surface area contributed by atoms with E-state index in [4.69, 9.17) is 0 Å². The van der Waals surface area contributed by atoms with Gasteiger partial charge in [-0.25, -0.2) is 0 Å². The van der Waals surface area contributed by atoms with Crippen LogP contribution in [0.2, 0.25) is 0 Å². The number of allylic oxidation sites excluding steroid dienone is 1. The number of halogens is 1. The minimum Gasteiger partial charge on any atom is -0.0981 e. The maximum Gasteiger partial charge on any atom is 0.0451 e. The Morgan fingerprint density at radius 3 is 2.14 bits per heavy atom. The van der Waals surface area contributed by atoms with Gasteiger partial charge in [-0.3, -0.25) is 0 Å². The lowest BCUT2D eigenvalue weighted by Gasteiger charge is -1.68. The lowest BCUT2D eigenvalue weighted by Crippen LogP contribution is -1.66. The smallest absolute Gasteiger partial charge is 0.0451 e. The van der Waals surface area contributed by atoms with E-state index < -0.39 is 0 Å². The number of hydrogen-bond donors (Lipinski definition) is 0. The summed E-state index contributed by atoms with van der Waals surface area (Å²) in [6.07, 6.45) is 2.78. The highest BCUT2D eigenvalue weighted by Crippen LogP contribution is 2.72. The Morgan fingerprint density at radius 1 is 1.71 bits per heavy atom. The van der Waals surface area contributed by atoms with Crippen molar-refractivity contribution in [1.82, 2.24) is 0 Å². The number of hydrogen-bond acceptors (Lipinski definition) is 0. The van der Waals surface area contributed by atoms with Gasteiger partial charge in [0.2, 0.25) is 0 Å². The Labute approximate surface area is 51.7 Å². The van der Waals surface area contributed by atoms with Crippen LogP contribution in [-0.4, -0.2) is 4.83 Å². The second kappa shape index (κ2) is 0.838. The average Bonchev–Trinajstić information content (AvgIpc) is 2.47. The second-order valence-corrected chi connectivity index (χ2v) is 3.46. The molecule has 1 heteroatoms. The van der Waals surface area contributed by atoms with Crippen molar-refractivity contribution in [3.63, 3.8) is 0 Å². The van der Waals surface area contributed by atoms with Crippen LogP contribution in [-0.2, 0) is 0 Å². The molecule has 2 rings (SSSR count). The van der Waals surface area contributed by atoms with Crippen molar-refractivity contribution in [2.24, 2.45) is 5.41 Å². The van der Waals surface area contributed by atoms with Gasteiger partial charge >= 0.3 is 0 Å². The molecule has 0 N–H and O–H groups in total. The predicted molar refractivity (Wildman–Crippen MR) is 33.5 cm³/mol. The first-order valence-corrected chi connectivity index (χ1v) is 3.52. The molecule has 0 aromatic heterocycles. The summed E-state index contributed by atoms with van der Waals surface area (Å²) in [5, 5.41) is 0. The van der Waals surface area contributed by atoms with Crippen LogP contribution in [0.4, 0.5) is 0 Å². The summed E-state index contributed by atoms with van der Waals surface area (Å²) in [6.45, 7) is 3.92. The third-order valence-corrected chi connectivity index (χ3v) is 3.57. The highest BCUT2D eigenvalue weighted by molar-refractivity contribution is 9.10. The summed E-state index contributed by atoms with van der Waals surface area (Å²) >= 11 is 3.53. The molecule has 2 saturated carbocycles. The van der Waals surface area contributed by atoms with E-state index in [1.807, 2.05) is 0 Å². The maximum atomic E-state index is 3.92. The molecule has 0 amide bonds. The van der Waals surface area contributed by atoms with Crippen molar-refractivity contribution < 1.29 is 0 Å². The van der Waals surface area contributed by atoms with E-state index in [1.54, 1.807) is 0 Å². The minimum absolute atomic E-state index is 0.639. The molecule has 0 bridgehead atoms. The standard InChI is InChI=1S/C6H7Br/c1-4-5(7)6(4)2-3-6/h5H,1-3H2. The predicted octanol–water partition coefficient (Wildman–Crippen LogP) is 2.10. The van der Waals surface area contributed by atoms with Crippen LogP contribution < -0.4 is 0 Å². The van der Waals surface area contributed by atoms with Crippen molar-refractivity contribution in [2.45, 2.75) is 17.7 Å². The van der Waals surface area contributed by atoms with Crippen LogP contribution in [0.5, 0.6) is 0 Å². The van der Waals surface area contributed by atoms with Crippen molar-refractivity contribution in [1.29, 1.82) is 0 Å². The summed E-state index contributed by atoms with van der Waals surface area (Å²) < 4.78 is 0. The van der Waals surface area contributed by atoms with Gasteiger partial charge in [-0.05, 0) is 12.8 Å². The molecule has 0 heterocycles. The third kappa shape index (κ3) is 0.300. The highest BCUT2D eigenvalue weighted by Gasteiger charge is 2.65.